The number of thiocarbonyl (C=S) groups is 1. The number of hydrogen-bond donors (Lipinski definition) is 0. The molecule has 1 aromatic heterocycles. The number of halogens is 1. The lowest BCUT2D eigenvalue weighted by Crippen LogP contribution is -2.11. The van der Waals surface area contributed by atoms with Gasteiger partial charge in [-0.2, -0.15) is 0 Å². The van der Waals surface area contributed by atoms with E-state index >= 15 is 0 Å². The van der Waals surface area contributed by atoms with Gasteiger partial charge in [-0.05, 0) is 40.9 Å². The molecular formula is C17H16BrNO2S. The summed E-state index contributed by atoms with van der Waals surface area (Å²) in [6, 6.07) is 10.2. The van der Waals surface area contributed by atoms with Crippen molar-refractivity contribution < 1.29 is 9.53 Å². The van der Waals surface area contributed by atoms with E-state index in [1.54, 1.807) is 0 Å². The number of ether oxygens (including phenoxy) is 1. The summed E-state index contributed by atoms with van der Waals surface area (Å²) in [4.78, 5) is 12.7. The molecule has 1 atom stereocenters. The van der Waals surface area contributed by atoms with Gasteiger partial charge in [0.15, 0.2) is 0 Å². The first-order valence-corrected chi connectivity index (χ1v) is 8.31. The molecular weight excluding hydrogens is 362 g/mol. The first-order valence-electron chi connectivity index (χ1n) is 7.11. The molecule has 0 saturated heterocycles. The lowest BCUT2D eigenvalue weighted by atomic mass is 10.1. The highest BCUT2D eigenvalue weighted by Crippen LogP contribution is 2.36. The molecule has 2 heterocycles. The van der Waals surface area contributed by atoms with Crippen LogP contribution >= 0.6 is 28.1 Å². The Morgan fingerprint density at radius 1 is 1.36 bits per heavy atom. The standard InChI is InChI=1S/C17H16BrNO2S/c1-10-3-5-11(6-4-10)16(22)15-13(18)9-14-12(17(20)21-2)7-8-19(14)15/h3-6,9,12H,7-8H2,1-2H3. The van der Waals surface area contributed by atoms with E-state index in [0.717, 1.165) is 39.3 Å². The third-order valence-corrected chi connectivity index (χ3v) is 5.13. The average Bonchev–Trinajstić information content (AvgIpc) is 3.04. The number of methoxy groups -OCH3 is 1. The van der Waals surface area contributed by atoms with E-state index in [-0.39, 0.29) is 11.9 Å². The molecule has 114 valence electrons. The highest BCUT2D eigenvalue weighted by molar-refractivity contribution is 9.10. The van der Waals surface area contributed by atoms with Gasteiger partial charge in [-0.3, -0.25) is 4.79 Å². The summed E-state index contributed by atoms with van der Waals surface area (Å²) in [5, 5.41) is 0. The number of aromatic nitrogens is 1. The quantitative estimate of drug-likeness (QED) is 0.460. The van der Waals surface area contributed by atoms with E-state index in [1.807, 2.05) is 18.2 Å². The number of hydrogen-bond acceptors (Lipinski definition) is 3. The zero-order chi connectivity index (χ0) is 15.9. The van der Waals surface area contributed by atoms with Crippen LogP contribution in [0.3, 0.4) is 0 Å². The minimum absolute atomic E-state index is 0.184. The fraction of sp³-hybridized carbons (Fsp3) is 0.294. The number of carbonyl (C=O) groups excluding carboxylic acids is 1. The van der Waals surface area contributed by atoms with Gasteiger partial charge >= 0.3 is 5.97 Å². The zero-order valence-electron chi connectivity index (χ0n) is 12.4. The number of fused-ring (bicyclic) bond motifs is 1. The van der Waals surface area contributed by atoms with Crippen molar-refractivity contribution in [2.45, 2.75) is 25.8 Å². The first kappa shape index (κ1) is 15.4. The number of rotatable bonds is 3. The Balaban J connectivity index is 2.01. The first-order chi connectivity index (χ1) is 10.5. The van der Waals surface area contributed by atoms with Crippen LogP contribution in [0.15, 0.2) is 34.8 Å². The lowest BCUT2D eigenvalue weighted by molar-refractivity contribution is -0.142. The van der Waals surface area contributed by atoms with Crippen LogP contribution in [-0.4, -0.2) is 22.5 Å². The van der Waals surface area contributed by atoms with E-state index in [4.69, 9.17) is 17.0 Å². The van der Waals surface area contributed by atoms with Crippen molar-refractivity contribution in [3.05, 3.63) is 57.3 Å². The van der Waals surface area contributed by atoms with Gasteiger partial charge < -0.3 is 9.30 Å². The van der Waals surface area contributed by atoms with Crippen molar-refractivity contribution in [1.82, 2.24) is 4.57 Å². The summed E-state index contributed by atoms with van der Waals surface area (Å²) in [5.74, 6) is -0.382. The van der Waals surface area contributed by atoms with Crippen molar-refractivity contribution in [2.75, 3.05) is 7.11 Å². The predicted octanol–water partition coefficient (Wildman–Crippen LogP) is 3.99. The summed E-state index contributed by atoms with van der Waals surface area (Å²) in [6.45, 7) is 2.83. The van der Waals surface area contributed by atoms with E-state index < -0.39 is 0 Å². The van der Waals surface area contributed by atoms with E-state index in [1.165, 1.54) is 12.7 Å². The molecule has 5 heteroatoms. The molecule has 0 radical (unpaired) electrons. The number of carbonyl (C=O) groups is 1. The Kier molecular flexibility index (Phi) is 4.19. The smallest absolute Gasteiger partial charge is 0.314 e. The van der Waals surface area contributed by atoms with Gasteiger partial charge in [0.2, 0.25) is 0 Å². The number of nitrogens with zero attached hydrogens (tertiary/aromatic N) is 1. The second-order valence-corrected chi connectivity index (χ2v) is 6.74. The Bertz CT molecular complexity index is 749. The van der Waals surface area contributed by atoms with Gasteiger partial charge in [0.25, 0.3) is 0 Å². The molecule has 0 amide bonds. The summed E-state index contributed by atoms with van der Waals surface area (Å²) in [7, 11) is 1.43. The third kappa shape index (κ3) is 2.52. The highest BCUT2D eigenvalue weighted by Gasteiger charge is 2.33. The van der Waals surface area contributed by atoms with Gasteiger partial charge in [0, 0.05) is 16.7 Å². The molecule has 2 aromatic rings. The molecule has 3 rings (SSSR count). The Hall–Kier alpha value is -1.46. The molecule has 1 aliphatic rings. The molecule has 0 bridgehead atoms. The number of benzene rings is 1. The Labute approximate surface area is 143 Å². The maximum absolute atomic E-state index is 11.9. The largest absolute Gasteiger partial charge is 0.469 e. The summed E-state index contributed by atoms with van der Waals surface area (Å²) < 4.78 is 7.96. The van der Waals surface area contributed by atoms with Gasteiger partial charge in [0.1, 0.15) is 0 Å². The fourth-order valence-corrected chi connectivity index (χ4v) is 4.06. The average molecular weight is 378 g/mol. The number of esters is 1. The van der Waals surface area contributed by atoms with Crippen molar-refractivity contribution in [1.29, 1.82) is 0 Å². The molecule has 0 saturated carbocycles. The molecule has 3 nitrogen and oxygen atoms in total. The molecule has 0 spiro atoms. The summed E-state index contributed by atoms with van der Waals surface area (Å²) in [6.07, 6.45) is 0.763. The van der Waals surface area contributed by atoms with Crippen LogP contribution in [0.5, 0.6) is 0 Å². The molecule has 0 fully saturated rings. The predicted molar refractivity (Wildman–Crippen MR) is 93.5 cm³/mol. The lowest BCUT2D eigenvalue weighted by Gasteiger charge is -2.09. The van der Waals surface area contributed by atoms with Crippen molar-refractivity contribution >= 4 is 39.0 Å². The summed E-state index contributed by atoms with van der Waals surface area (Å²) in [5.41, 5.74) is 4.17. The van der Waals surface area contributed by atoms with Gasteiger partial charge in [-0.15, -0.1) is 0 Å². The van der Waals surface area contributed by atoms with Gasteiger partial charge in [-0.25, -0.2) is 0 Å². The molecule has 0 aliphatic carbocycles. The Morgan fingerprint density at radius 3 is 2.68 bits per heavy atom. The molecule has 1 aliphatic heterocycles. The third-order valence-electron chi connectivity index (χ3n) is 4.10. The van der Waals surface area contributed by atoms with Crippen LogP contribution in [0.25, 0.3) is 0 Å². The zero-order valence-corrected chi connectivity index (χ0v) is 14.8. The maximum atomic E-state index is 11.9. The van der Waals surface area contributed by atoms with Crippen molar-refractivity contribution in [3.8, 4) is 0 Å². The second-order valence-electron chi connectivity index (χ2n) is 5.48. The van der Waals surface area contributed by atoms with E-state index in [0.29, 0.717) is 0 Å². The minimum Gasteiger partial charge on any atom is -0.469 e. The topological polar surface area (TPSA) is 31.2 Å². The monoisotopic (exact) mass is 377 g/mol. The highest BCUT2D eigenvalue weighted by atomic mass is 79.9. The van der Waals surface area contributed by atoms with Gasteiger partial charge in [0.05, 0.1) is 23.6 Å². The molecule has 22 heavy (non-hydrogen) atoms. The molecule has 1 unspecified atom stereocenters. The Morgan fingerprint density at radius 2 is 2.05 bits per heavy atom. The maximum Gasteiger partial charge on any atom is 0.314 e. The molecule has 0 N–H and O–H groups in total. The van der Waals surface area contributed by atoms with Crippen molar-refractivity contribution in [2.24, 2.45) is 0 Å². The van der Waals surface area contributed by atoms with Crippen LogP contribution in [0, 0.1) is 6.92 Å². The fourth-order valence-electron chi connectivity index (χ4n) is 2.92. The SMILES string of the molecule is COC(=O)C1CCn2c1cc(Br)c2C(=S)c1ccc(C)cc1. The minimum atomic E-state index is -0.198. The number of aryl methyl sites for hydroxylation is 1. The van der Waals surface area contributed by atoms with Crippen LogP contribution in [-0.2, 0) is 16.1 Å². The van der Waals surface area contributed by atoms with E-state index in [2.05, 4.69) is 39.6 Å². The second kappa shape index (κ2) is 5.97. The normalized spacial score (nSPS) is 16.4. The van der Waals surface area contributed by atoms with Crippen molar-refractivity contribution in [3.63, 3.8) is 0 Å². The summed E-state index contributed by atoms with van der Waals surface area (Å²) >= 11 is 9.27. The van der Waals surface area contributed by atoms with E-state index in [9.17, 15) is 4.79 Å². The molecule has 1 aromatic carbocycles. The van der Waals surface area contributed by atoms with Crippen LogP contribution in [0.1, 0.15) is 34.9 Å². The van der Waals surface area contributed by atoms with Crippen LogP contribution in [0.4, 0.5) is 0 Å². The van der Waals surface area contributed by atoms with Crippen LogP contribution in [0.2, 0.25) is 0 Å². The van der Waals surface area contributed by atoms with Gasteiger partial charge in [-0.1, -0.05) is 42.0 Å². The van der Waals surface area contributed by atoms with Crippen LogP contribution < -0.4 is 0 Å².